The predicted octanol–water partition coefficient (Wildman–Crippen LogP) is 2.42. The van der Waals surface area contributed by atoms with Gasteiger partial charge in [-0.15, -0.1) is 0 Å². The fourth-order valence-electron chi connectivity index (χ4n) is 3.62. The number of nitrogens with zero attached hydrogens (tertiary/aromatic N) is 4. The molecule has 2 unspecified atom stereocenters. The predicted molar refractivity (Wildman–Crippen MR) is 115 cm³/mol. The number of anilines is 2. The Hall–Kier alpha value is -3.95. The quantitative estimate of drug-likeness (QED) is 0.635. The number of hydrogen-bond acceptors (Lipinski definition) is 8. The summed E-state index contributed by atoms with van der Waals surface area (Å²) in [5, 5.41) is 11.8. The van der Waals surface area contributed by atoms with Crippen molar-refractivity contribution in [2.24, 2.45) is 10.3 Å². The van der Waals surface area contributed by atoms with Crippen molar-refractivity contribution < 1.29 is 23.9 Å². The van der Waals surface area contributed by atoms with Gasteiger partial charge in [0.15, 0.2) is 12.1 Å². The Morgan fingerprint density at radius 2 is 1.53 bits per heavy atom. The minimum absolute atomic E-state index is 0.214. The Morgan fingerprint density at radius 3 is 2.12 bits per heavy atom. The molecule has 2 atom stereocenters. The van der Waals surface area contributed by atoms with Gasteiger partial charge in [0.05, 0.1) is 18.9 Å². The second-order valence-corrected chi connectivity index (χ2v) is 7.14. The maximum absolute atomic E-state index is 13.0. The first-order chi connectivity index (χ1) is 15.5. The van der Waals surface area contributed by atoms with Crippen LogP contribution in [0.25, 0.3) is 0 Å². The summed E-state index contributed by atoms with van der Waals surface area (Å²) in [5.74, 6) is 0.0211. The van der Waals surface area contributed by atoms with E-state index >= 15 is 0 Å². The third-order valence-electron chi connectivity index (χ3n) is 5.02. The zero-order valence-electron chi connectivity index (χ0n) is 17.7. The number of ether oxygens (including phenoxy) is 2. The molecule has 10 nitrogen and oxygen atoms in total. The standard InChI is InChI=1S/C22H23N5O5/c1-3-31-16-9-5-14(6-10-16)23-18(28)13-26-20-19(24-25-26)21(29)27(22(20)30)15-7-11-17(12-8-15)32-4-2/h5-12,19-20H,3-4,13H2,1-2H3,(H,23,28). The van der Waals surface area contributed by atoms with Crippen molar-refractivity contribution in [3.63, 3.8) is 0 Å². The van der Waals surface area contributed by atoms with Crippen LogP contribution < -0.4 is 19.7 Å². The molecule has 166 valence electrons. The molecule has 2 heterocycles. The van der Waals surface area contributed by atoms with Gasteiger partial charge in [-0.25, -0.2) is 4.90 Å². The summed E-state index contributed by atoms with van der Waals surface area (Å²) in [6, 6.07) is 11.7. The Balaban J connectivity index is 1.42. The van der Waals surface area contributed by atoms with Crippen LogP contribution in [0.1, 0.15) is 13.8 Å². The van der Waals surface area contributed by atoms with Gasteiger partial charge in [0.2, 0.25) is 5.91 Å². The van der Waals surface area contributed by atoms with E-state index in [0.29, 0.717) is 36.1 Å². The highest BCUT2D eigenvalue weighted by molar-refractivity contribution is 6.25. The summed E-state index contributed by atoms with van der Waals surface area (Å²) in [7, 11) is 0. The topological polar surface area (TPSA) is 113 Å². The van der Waals surface area contributed by atoms with Gasteiger partial charge in [0.1, 0.15) is 18.0 Å². The van der Waals surface area contributed by atoms with E-state index in [1.54, 1.807) is 48.5 Å². The maximum Gasteiger partial charge on any atom is 0.263 e. The molecule has 32 heavy (non-hydrogen) atoms. The second kappa shape index (κ2) is 9.04. The fourth-order valence-corrected chi connectivity index (χ4v) is 3.62. The molecule has 1 fully saturated rings. The largest absolute Gasteiger partial charge is 0.494 e. The Bertz CT molecular complexity index is 1040. The SMILES string of the molecule is CCOc1ccc(NC(=O)CN2N=NC3C(=O)N(c4ccc(OCC)cc4)C(=O)C32)cc1. The molecule has 1 saturated heterocycles. The lowest BCUT2D eigenvalue weighted by Crippen LogP contribution is -2.43. The van der Waals surface area contributed by atoms with Gasteiger partial charge in [0.25, 0.3) is 11.8 Å². The highest BCUT2D eigenvalue weighted by Gasteiger charge is 2.55. The third-order valence-corrected chi connectivity index (χ3v) is 5.02. The van der Waals surface area contributed by atoms with Crippen LogP contribution >= 0.6 is 0 Å². The Labute approximate surface area is 184 Å². The average Bonchev–Trinajstić information content (AvgIpc) is 3.30. The Morgan fingerprint density at radius 1 is 0.938 bits per heavy atom. The number of imide groups is 1. The first kappa shape index (κ1) is 21.3. The van der Waals surface area contributed by atoms with Crippen molar-refractivity contribution in [1.29, 1.82) is 0 Å². The number of carbonyl (C=O) groups excluding carboxylic acids is 3. The van der Waals surface area contributed by atoms with Crippen LogP contribution in [0, 0.1) is 0 Å². The molecule has 1 N–H and O–H groups in total. The molecular weight excluding hydrogens is 414 g/mol. The minimum atomic E-state index is -0.965. The zero-order valence-corrected chi connectivity index (χ0v) is 17.7. The number of fused-ring (bicyclic) bond motifs is 1. The molecule has 4 rings (SSSR count). The van der Waals surface area contributed by atoms with Crippen molar-refractivity contribution in [2.75, 3.05) is 30.0 Å². The number of amides is 3. The summed E-state index contributed by atoms with van der Waals surface area (Å²) >= 11 is 0. The normalized spacial score (nSPS) is 19.3. The number of rotatable bonds is 8. The molecule has 0 saturated carbocycles. The van der Waals surface area contributed by atoms with Crippen molar-refractivity contribution in [2.45, 2.75) is 25.9 Å². The number of nitrogens with one attached hydrogen (secondary N) is 1. The molecule has 0 spiro atoms. The maximum atomic E-state index is 13.0. The minimum Gasteiger partial charge on any atom is -0.494 e. The van der Waals surface area contributed by atoms with Crippen LogP contribution in [-0.2, 0) is 14.4 Å². The highest BCUT2D eigenvalue weighted by atomic mass is 16.5. The number of hydrogen-bond donors (Lipinski definition) is 1. The molecule has 3 amide bonds. The van der Waals surface area contributed by atoms with E-state index in [-0.39, 0.29) is 12.5 Å². The lowest BCUT2D eigenvalue weighted by Gasteiger charge is -2.20. The smallest absolute Gasteiger partial charge is 0.263 e. The fraction of sp³-hybridized carbons (Fsp3) is 0.318. The van der Waals surface area contributed by atoms with E-state index in [9.17, 15) is 14.4 Å². The molecule has 0 radical (unpaired) electrons. The average molecular weight is 437 g/mol. The monoisotopic (exact) mass is 437 g/mol. The first-order valence-corrected chi connectivity index (χ1v) is 10.3. The molecule has 0 aromatic heterocycles. The summed E-state index contributed by atoms with van der Waals surface area (Å²) in [4.78, 5) is 39.4. The summed E-state index contributed by atoms with van der Waals surface area (Å²) in [5.41, 5.74) is 1.00. The first-order valence-electron chi connectivity index (χ1n) is 10.3. The lowest BCUT2D eigenvalue weighted by atomic mass is 10.1. The molecular formula is C22H23N5O5. The highest BCUT2D eigenvalue weighted by Crippen LogP contribution is 2.32. The van der Waals surface area contributed by atoms with Gasteiger partial charge in [-0.3, -0.25) is 19.4 Å². The number of carbonyl (C=O) groups is 3. The van der Waals surface area contributed by atoms with Crippen LogP contribution in [0.15, 0.2) is 58.9 Å². The van der Waals surface area contributed by atoms with Gasteiger partial charge in [-0.2, -0.15) is 5.11 Å². The van der Waals surface area contributed by atoms with Crippen molar-refractivity contribution in [1.82, 2.24) is 5.01 Å². The molecule has 2 aromatic rings. The molecule has 2 aromatic carbocycles. The van der Waals surface area contributed by atoms with E-state index in [1.807, 2.05) is 13.8 Å². The van der Waals surface area contributed by atoms with E-state index < -0.39 is 23.9 Å². The van der Waals surface area contributed by atoms with E-state index in [0.717, 1.165) is 4.90 Å². The van der Waals surface area contributed by atoms with Crippen molar-refractivity contribution in [3.8, 4) is 11.5 Å². The van der Waals surface area contributed by atoms with Gasteiger partial charge in [-0.1, -0.05) is 5.22 Å². The number of benzene rings is 2. The van der Waals surface area contributed by atoms with Crippen LogP contribution in [0.3, 0.4) is 0 Å². The van der Waals surface area contributed by atoms with E-state index in [4.69, 9.17) is 9.47 Å². The van der Waals surface area contributed by atoms with Crippen LogP contribution in [0.2, 0.25) is 0 Å². The van der Waals surface area contributed by atoms with Crippen molar-refractivity contribution in [3.05, 3.63) is 48.5 Å². The summed E-state index contributed by atoms with van der Waals surface area (Å²) in [6.45, 7) is 4.61. The van der Waals surface area contributed by atoms with Gasteiger partial charge >= 0.3 is 0 Å². The Kier molecular flexibility index (Phi) is 6.02. The molecule has 2 aliphatic heterocycles. The van der Waals surface area contributed by atoms with Gasteiger partial charge < -0.3 is 14.8 Å². The van der Waals surface area contributed by atoms with Crippen LogP contribution in [0.4, 0.5) is 11.4 Å². The van der Waals surface area contributed by atoms with Crippen LogP contribution in [-0.4, -0.2) is 54.6 Å². The van der Waals surface area contributed by atoms with E-state index in [1.165, 1.54) is 5.01 Å². The van der Waals surface area contributed by atoms with Gasteiger partial charge in [-0.05, 0) is 62.4 Å². The van der Waals surface area contributed by atoms with Crippen LogP contribution in [0.5, 0.6) is 11.5 Å². The summed E-state index contributed by atoms with van der Waals surface area (Å²) in [6.07, 6.45) is 0. The zero-order chi connectivity index (χ0) is 22.7. The van der Waals surface area contributed by atoms with Crippen molar-refractivity contribution >= 4 is 29.1 Å². The van der Waals surface area contributed by atoms with Gasteiger partial charge in [0, 0.05) is 5.69 Å². The molecule has 0 aliphatic carbocycles. The summed E-state index contributed by atoms with van der Waals surface area (Å²) < 4.78 is 10.8. The molecule has 0 bridgehead atoms. The van der Waals surface area contributed by atoms with E-state index in [2.05, 4.69) is 15.7 Å². The second-order valence-electron chi connectivity index (χ2n) is 7.14. The molecule has 10 heteroatoms. The lowest BCUT2D eigenvalue weighted by molar-refractivity contribution is -0.123. The third kappa shape index (κ3) is 4.11. The molecule has 2 aliphatic rings.